The van der Waals surface area contributed by atoms with E-state index in [-0.39, 0.29) is 18.6 Å². The Bertz CT molecular complexity index is 966. The number of hydrogen-bond acceptors (Lipinski definition) is 7. The van der Waals surface area contributed by atoms with Crippen molar-refractivity contribution in [3.05, 3.63) is 48.5 Å². The van der Waals surface area contributed by atoms with Crippen LogP contribution in [0.5, 0.6) is 0 Å². The second-order valence-electron chi connectivity index (χ2n) is 5.91. The van der Waals surface area contributed by atoms with Gasteiger partial charge in [-0.25, -0.2) is 15.0 Å². The van der Waals surface area contributed by atoms with E-state index < -0.39 is 24.5 Å². The maximum absolute atomic E-state index is 12.4. The van der Waals surface area contributed by atoms with Gasteiger partial charge in [-0.3, -0.25) is 9.36 Å². The summed E-state index contributed by atoms with van der Waals surface area (Å²) in [5.74, 6) is -0.121. The van der Waals surface area contributed by atoms with Crippen LogP contribution in [0.4, 0.5) is 5.82 Å². The van der Waals surface area contributed by atoms with Crippen molar-refractivity contribution in [2.75, 3.05) is 5.32 Å². The van der Waals surface area contributed by atoms with Crippen LogP contribution in [0, 0.1) is 0 Å². The summed E-state index contributed by atoms with van der Waals surface area (Å²) >= 11 is 0. The minimum Gasteiger partial charge on any atom is -0.388 e. The first-order valence-corrected chi connectivity index (χ1v) is 7.95. The summed E-state index contributed by atoms with van der Waals surface area (Å²) in [5.41, 5.74) is 1.12. The zero-order valence-electron chi connectivity index (χ0n) is 14.6. The molecule has 1 amide bonds. The summed E-state index contributed by atoms with van der Waals surface area (Å²) < 4.78 is 14.4. The van der Waals surface area contributed by atoms with Crippen molar-refractivity contribution in [1.29, 1.82) is 0 Å². The lowest BCUT2D eigenvalue weighted by molar-refractivity contribution is -0.0299. The van der Waals surface area contributed by atoms with Gasteiger partial charge in [-0.1, -0.05) is 18.2 Å². The topological polar surface area (TPSA) is 122 Å². The number of carbonyl (C=O) groups excluding carboxylic acids is 1. The van der Waals surface area contributed by atoms with Crippen LogP contribution in [0.2, 0.25) is 0 Å². The van der Waals surface area contributed by atoms with Crippen LogP contribution in [-0.4, -0.2) is 54.0 Å². The zero-order chi connectivity index (χ0) is 19.0. The quantitative estimate of drug-likeness (QED) is 0.632. The van der Waals surface area contributed by atoms with E-state index in [4.69, 9.17) is 6.11 Å². The second kappa shape index (κ2) is 6.45. The molecule has 0 aliphatic carbocycles. The Morgan fingerprint density at radius 2 is 2.04 bits per heavy atom. The molecular formula is C17H17N5O4. The molecule has 3 aromatic rings. The summed E-state index contributed by atoms with van der Waals surface area (Å²) in [5, 5.41) is 22.9. The first kappa shape index (κ1) is 15.4. The van der Waals surface area contributed by atoms with Crippen LogP contribution in [0.1, 0.15) is 24.9 Å². The highest BCUT2D eigenvalue weighted by atomic mass is 16.6. The number of ether oxygens (including phenoxy) is 1. The highest BCUT2D eigenvalue weighted by Crippen LogP contribution is 2.31. The summed E-state index contributed by atoms with van der Waals surface area (Å²) in [4.78, 5) is 24.8. The molecule has 9 heteroatoms. The number of amides is 1. The van der Waals surface area contributed by atoms with Crippen molar-refractivity contribution in [3.8, 4) is 0 Å². The number of fused-ring (bicyclic) bond motifs is 1. The minimum absolute atomic E-state index is 0.186. The number of aromatic nitrogens is 4. The number of anilines is 1. The third-order valence-electron chi connectivity index (χ3n) is 4.24. The predicted molar refractivity (Wildman–Crippen MR) is 91.3 cm³/mol. The number of nitrogens with zero attached hydrogens (tertiary/aromatic N) is 4. The highest BCUT2D eigenvalue weighted by molar-refractivity contribution is 6.06. The van der Waals surface area contributed by atoms with E-state index >= 15 is 0 Å². The Balaban J connectivity index is 1.65. The lowest BCUT2D eigenvalue weighted by Crippen LogP contribution is -2.30. The molecule has 1 saturated heterocycles. The number of benzene rings is 1. The molecular weight excluding hydrogens is 338 g/mol. The van der Waals surface area contributed by atoms with Crippen molar-refractivity contribution in [2.24, 2.45) is 0 Å². The first-order chi connectivity index (χ1) is 13.1. The fourth-order valence-corrected chi connectivity index (χ4v) is 2.86. The molecule has 2 aromatic heterocycles. The molecule has 1 fully saturated rings. The van der Waals surface area contributed by atoms with Crippen LogP contribution in [0.3, 0.4) is 0 Å². The number of aliphatic hydroxyl groups is 2. The number of hydrogen-bond donors (Lipinski definition) is 3. The van der Waals surface area contributed by atoms with Crippen molar-refractivity contribution in [3.63, 3.8) is 0 Å². The molecule has 1 aliphatic heterocycles. The lowest BCUT2D eigenvalue weighted by atomic mass is 10.1. The molecule has 0 bridgehead atoms. The van der Waals surface area contributed by atoms with Gasteiger partial charge in [0.15, 0.2) is 23.2 Å². The predicted octanol–water partition coefficient (Wildman–Crippen LogP) is 0.718. The summed E-state index contributed by atoms with van der Waals surface area (Å²) in [6, 6.07) is 8.68. The fourth-order valence-electron chi connectivity index (χ4n) is 2.86. The SMILES string of the molecule is [2H]C[C@H]1O[C@@H](n2cnc3c(NC(=O)c4ccccc4)ncnc32)[C@@H](O)C1O. The smallest absolute Gasteiger partial charge is 0.256 e. The van der Waals surface area contributed by atoms with Gasteiger partial charge in [0, 0.05) is 6.93 Å². The third-order valence-corrected chi connectivity index (χ3v) is 4.24. The van der Waals surface area contributed by atoms with Gasteiger partial charge < -0.3 is 20.3 Å². The Morgan fingerprint density at radius 3 is 2.77 bits per heavy atom. The molecule has 3 heterocycles. The van der Waals surface area contributed by atoms with Gasteiger partial charge in [-0.15, -0.1) is 0 Å². The van der Waals surface area contributed by atoms with E-state index in [1.165, 1.54) is 17.2 Å². The molecule has 134 valence electrons. The fraction of sp³-hybridized carbons (Fsp3) is 0.294. The van der Waals surface area contributed by atoms with Crippen molar-refractivity contribution in [2.45, 2.75) is 31.4 Å². The summed E-state index contributed by atoms with van der Waals surface area (Å²) in [7, 11) is 0. The van der Waals surface area contributed by atoms with Crippen molar-refractivity contribution in [1.82, 2.24) is 19.5 Å². The molecule has 9 nitrogen and oxygen atoms in total. The maximum atomic E-state index is 12.4. The van der Waals surface area contributed by atoms with Gasteiger partial charge >= 0.3 is 0 Å². The normalized spacial score (nSPS) is 26.0. The Kier molecular flexibility index (Phi) is 3.81. The lowest BCUT2D eigenvalue weighted by Gasteiger charge is -2.16. The molecule has 1 aromatic carbocycles. The van der Waals surface area contributed by atoms with Gasteiger partial charge in [0.1, 0.15) is 18.5 Å². The van der Waals surface area contributed by atoms with Gasteiger partial charge in [0.2, 0.25) is 0 Å². The van der Waals surface area contributed by atoms with Gasteiger partial charge in [-0.05, 0) is 19.0 Å². The molecule has 26 heavy (non-hydrogen) atoms. The number of imidazole rings is 1. The molecule has 1 aliphatic rings. The maximum Gasteiger partial charge on any atom is 0.256 e. The molecule has 1 unspecified atom stereocenters. The van der Waals surface area contributed by atoms with E-state index in [9.17, 15) is 15.0 Å². The Morgan fingerprint density at radius 1 is 1.23 bits per heavy atom. The molecule has 3 N–H and O–H groups in total. The third kappa shape index (κ3) is 2.71. The Labute approximate surface area is 149 Å². The first-order valence-electron chi connectivity index (χ1n) is 8.65. The second-order valence-corrected chi connectivity index (χ2v) is 5.91. The van der Waals surface area contributed by atoms with Crippen LogP contribution in [0.15, 0.2) is 43.0 Å². The van der Waals surface area contributed by atoms with Crippen molar-refractivity contribution < 1.29 is 21.1 Å². The molecule has 0 spiro atoms. The van der Waals surface area contributed by atoms with Crippen LogP contribution in [-0.2, 0) is 4.74 Å². The number of nitrogens with one attached hydrogen (secondary N) is 1. The molecule has 0 saturated carbocycles. The van der Waals surface area contributed by atoms with Gasteiger partial charge in [0.25, 0.3) is 5.91 Å². The van der Waals surface area contributed by atoms with E-state index in [0.717, 1.165) is 0 Å². The number of rotatable bonds is 3. The zero-order valence-corrected chi connectivity index (χ0v) is 13.6. The summed E-state index contributed by atoms with van der Waals surface area (Å²) in [6.45, 7) is -0.186. The monoisotopic (exact) mass is 356 g/mol. The minimum atomic E-state index is -1.23. The number of aliphatic hydroxyl groups excluding tert-OH is 2. The highest BCUT2D eigenvalue weighted by Gasteiger charge is 2.42. The van der Waals surface area contributed by atoms with E-state index in [2.05, 4.69) is 20.3 Å². The van der Waals surface area contributed by atoms with Crippen LogP contribution < -0.4 is 5.32 Å². The van der Waals surface area contributed by atoms with Crippen LogP contribution in [0.25, 0.3) is 11.2 Å². The molecule has 0 radical (unpaired) electrons. The summed E-state index contributed by atoms with van der Waals surface area (Å²) in [6.07, 6.45) is -1.49. The number of carbonyl (C=O) groups is 1. The molecule has 4 atom stereocenters. The average Bonchev–Trinajstić information content (AvgIpc) is 3.25. The standard InChI is InChI=1S/C17H17N5O4/c1-9-12(23)13(24)17(26-9)22-8-20-11-14(18-7-19-15(11)22)21-16(25)10-5-3-2-4-6-10/h2-9,12-13,17,23-24H,1H3,(H,18,19,21,25)/t9-,12?,13+,17-/m1/s1/i1D. The van der Waals surface area contributed by atoms with Gasteiger partial charge in [-0.2, -0.15) is 0 Å². The average molecular weight is 356 g/mol. The van der Waals surface area contributed by atoms with Gasteiger partial charge in [0.05, 0.1) is 12.4 Å². The van der Waals surface area contributed by atoms with Crippen LogP contribution >= 0.6 is 0 Å². The van der Waals surface area contributed by atoms with E-state index in [1.807, 2.05) is 6.07 Å². The van der Waals surface area contributed by atoms with E-state index in [1.54, 1.807) is 24.3 Å². The van der Waals surface area contributed by atoms with Crippen molar-refractivity contribution >= 4 is 22.9 Å². The Hall–Kier alpha value is -2.88. The molecule has 4 rings (SSSR count). The largest absolute Gasteiger partial charge is 0.388 e. The van der Waals surface area contributed by atoms with E-state index in [0.29, 0.717) is 16.7 Å².